The Morgan fingerprint density at radius 3 is 2.21 bits per heavy atom. The molecule has 5 rings (SSSR count). The Kier molecular flexibility index (Phi) is 3.87. The fraction of sp³-hybridized carbons (Fsp3) is 0.0455. The van der Waals surface area contributed by atoms with Crippen LogP contribution in [0.1, 0.15) is 5.56 Å². The van der Waals surface area contributed by atoms with Gasteiger partial charge in [-0.15, -0.1) is 0 Å². The highest BCUT2D eigenvalue weighted by Crippen LogP contribution is 2.38. The van der Waals surface area contributed by atoms with Gasteiger partial charge in [0.1, 0.15) is 5.65 Å². The molecule has 138 valence electrons. The summed E-state index contributed by atoms with van der Waals surface area (Å²) in [4.78, 5) is 4.60. The number of rotatable bonds is 1. The topological polar surface area (TPSA) is 17.3 Å². The lowest BCUT2D eigenvalue weighted by Crippen LogP contribution is -2.04. The number of hydrogen-bond donors (Lipinski definition) is 0. The molecule has 0 amide bonds. The molecule has 0 N–H and O–H groups in total. The van der Waals surface area contributed by atoms with Crippen molar-refractivity contribution in [2.45, 2.75) is 6.18 Å². The molecule has 5 aromatic rings. The van der Waals surface area contributed by atoms with Crippen molar-refractivity contribution in [2.24, 2.45) is 0 Å². The van der Waals surface area contributed by atoms with Crippen LogP contribution >= 0.6 is 22.6 Å². The van der Waals surface area contributed by atoms with Crippen LogP contribution in [0.4, 0.5) is 13.2 Å². The number of imidazole rings is 1. The second-order valence-corrected chi connectivity index (χ2v) is 7.63. The van der Waals surface area contributed by atoms with Gasteiger partial charge in [0, 0.05) is 14.3 Å². The van der Waals surface area contributed by atoms with Gasteiger partial charge in [-0.25, -0.2) is 4.98 Å². The zero-order valence-electron chi connectivity index (χ0n) is 14.3. The monoisotopic (exact) mass is 488 g/mol. The molecule has 0 saturated carbocycles. The molecular formula is C22H12F3IN2. The van der Waals surface area contributed by atoms with E-state index in [-0.39, 0.29) is 0 Å². The summed E-state index contributed by atoms with van der Waals surface area (Å²) in [5, 5.41) is 1.94. The summed E-state index contributed by atoms with van der Waals surface area (Å²) in [6.07, 6.45) is -4.40. The second kappa shape index (κ2) is 6.20. The van der Waals surface area contributed by atoms with Gasteiger partial charge < -0.3 is 0 Å². The molecule has 0 fully saturated rings. The van der Waals surface area contributed by atoms with E-state index in [1.54, 1.807) is 0 Å². The first kappa shape index (κ1) is 17.5. The first-order valence-corrected chi connectivity index (χ1v) is 9.68. The number of fused-ring (bicyclic) bond motifs is 5. The molecule has 0 atom stereocenters. The van der Waals surface area contributed by atoms with Gasteiger partial charge in [0.15, 0.2) is 0 Å². The van der Waals surface area contributed by atoms with Crippen molar-refractivity contribution in [2.75, 3.05) is 0 Å². The minimum atomic E-state index is -4.40. The predicted molar refractivity (Wildman–Crippen MR) is 113 cm³/mol. The van der Waals surface area contributed by atoms with E-state index in [1.165, 1.54) is 6.07 Å². The molecule has 0 aliphatic heterocycles. The van der Waals surface area contributed by atoms with E-state index in [9.17, 15) is 13.2 Å². The smallest absolute Gasteiger partial charge is 0.291 e. The Bertz CT molecular complexity index is 1360. The number of benzene rings is 3. The number of alkyl halides is 3. The molecular weight excluding hydrogens is 476 g/mol. The summed E-state index contributed by atoms with van der Waals surface area (Å²) in [6.45, 7) is 0. The summed E-state index contributed by atoms with van der Waals surface area (Å²) in [6, 6.07) is 21.4. The van der Waals surface area contributed by atoms with Gasteiger partial charge in [0.2, 0.25) is 0 Å². The second-order valence-electron chi connectivity index (χ2n) is 6.55. The molecule has 0 radical (unpaired) electrons. The van der Waals surface area contributed by atoms with Crippen molar-refractivity contribution in [1.29, 1.82) is 0 Å². The van der Waals surface area contributed by atoms with Crippen LogP contribution in [0.15, 0.2) is 72.8 Å². The van der Waals surface area contributed by atoms with E-state index in [4.69, 9.17) is 0 Å². The standard InChI is InChI=1S/C22H12F3IN2/c23-22(24,25)14-10-11-18-17(12-14)27-21-16-9-5-4-8-15(16)19(26)20(28(18)21)13-6-2-1-3-7-13/h1-12H. The van der Waals surface area contributed by atoms with Crippen LogP contribution in [0.2, 0.25) is 0 Å². The molecule has 0 bridgehead atoms. The zero-order chi connectivity index (χ0) is 19.5. The molecule has 0 unspecified atom stereocenters. The summed E-state index contributed by atoms with van der Waals surface area (Å²) in [5.74, 6) is 0. The molecule has 6 heteroatoms. The molecule has 0 saturated heterocycles. The van der Waals surface area contributed by atoms with E-state index in [0.717, 1.165) is 37.7 Å². The van der Waals surface area contributed by atoms with Gasteiger partial charge in [0.05, 0.1) is 22.3 Å². The van der Waals surface area contributed by atoms with Crippen LogP contribution in [0.25, 0.3) is 38.7 Å². The van der Waals surface area contributed by atoms with Crippen molar-refractivity contribution >= 4 is 50.0 Å². The Balaban J connectivity index is 2.00. The summed E-state index contributed by atoms with van der Waals surface area (Å²) >= 11 is 2.31. The van der Waals surface area contributed by atoms with Gasteiger partial charge in [-0.3, -0.25) is 4.40 Å². The SMILES string of the molecule is FC(F)(F)c1ccc2c(c1)nc1c3ccccc3c(I)c(-c3ccccc3)n21. The average Bonchev–Trinajstić information content (AvgIpc) is 3.07. The van der Waals surface area contributed by atoms with E-state index >= 15 is 0 Å². The van der Waals surface area contributed by atoms with Crippen molar-refractivity contribution < 1.29 is 13.2 Å². The molecule has 0 aliphatic rings. The van der Waals surface area contributed by atoms with Crippen LogP contribution < -0.4 is 0 Å². The third-order valence-corrected chi connectivity index (χ3v) is 5.96. The maximum atomic E-state index is 13.2. The van der Waals surface area contributed by atoms with Gasteiger partial charge in [-0.1, -0.05) is 54.6 Å². The van der Waals surface area contributed by atoms with Crippen LogP contribution in [-0.4, -0.2) is 9.38 Å². The van der Waals surface area contributed by atoms with E-state index in [2.05, 4.69) is 27.6 Å². The molecule has 28 heavy (non-hydrogen) atoms. The number of aromatic nitrogens is 2. The van der Waals surface area contributed by atoms with Crippen molar-refractivity contribution in [3.8, 4) is 11.3 Å². The minimum absolute atomic E-state index is 0.333. The van der Waals surface area contributed by atoms with Crippen molar-refractivity contribution in [1.82, 2.24) is 9.38 Å². The molecule has 0 spiro atoms. The van der Waals surface area contributed by atoms with E-state index in [0.29, 0.717) is 16.7 Å². The van der Waals surface area contributed by atoms with Crippen LogP contribution in [-0.2, 0) is 6.18 Å². The molecule has 2 nitrogen and oxygen atoms in total. The first-order valence-electron chi connectivity index (χ1n) is 8.60. The largest absolute Gasteiger partial charge is 0.416 e. The Morgan fingerprint density at radius 1 is 0.821 bits per heavy atom. The molecule has 0 aliphatic carbocycles. The van der Waals surface area contributed by atoms with Crippen LogP contribution in [0.3, 0.4) is 0 Å². The third-order valence-electron chi connectivity index (χ3n) is 4.86. The predicted octanol–water partition coefficient (Wildman–Crippen LogP) is 6.93. The van der Waals surface area contributed by atoms with Crippen LogP contribution in [0, 0.1) is 3.57 Å². The number of nitrogens with zero attached hydrogens (tertiary/aromatic N) is 2. The van der Waals surface area contributed by atoms with Crippen molar-refractivity contribution in [3.63, 3.8) is 0 Å². The van der Waals surface area contributed by atoms with Gasteiger partial charge in [0.25, 0.3) is 0 Å². The summed E-state index contributed by atoms with van der Waals surface area (Å²) in [5.41, 5.74) is 2.87. The maximum Gasteiger partial charge on any atom is 0.416 e. The van der Waals surface area contributed by atoms with Crippen LogP contribution in [0.5, 0.6) is 0 Å². The molecule has 2 heterocycles. The minimum Gasteiger partial charge on any atom is -0.291 e. The summed E-state index contributed by atoms with van der Waals surface area (Å²) in [7, 11) is 0. The number of hydrogen-bond acceptors (Lipinski definition) is 1. The summed E-state index contributed by atoms with van der Waals surface area (Å²) < 4.78 is 42.6. The number of pyridine rings is 1. The third kappa shape index (κ3) is 2.58. The van der Waals surface area contributed by atoms with E-state index in [1.807, 2.05) is 59.0 Å². The highest BCUT2D eigenvalue weighted by atomic mass is 127. The lowest BCUT2D eigenvalue weighted by molar-refractivity contribution is -0.137. The lowest BCUT2D eigenvalue weighted by Gasteiger charge is -2.13. The number of halogens is 4. The van der Waals surface area contributed by atoms with Gasteiger partial charge in [-0.2, -0.15) is 13.2 Å². The Morgan fingerprint density at radius 2 is 1.50 bits per heavy atom. The lowest BCUT2D eigenvalue weighted by atomic mass is 10.1. The zero-order valence-corrected chi connectivity index (χ0v) is 16.5. The highest BCUT2D eigenvalue weighted by molar-refractivity contribution is 14.1. The molecule has 3 aromatic carbocycles. The Hall–Kier alpha value is -2.61. The Labute approximate surface area is 171 Å². The van der Waals surface area contributed by atoms with E-state index < -0.39 is 11.7 Å². The fourth-order valence-corrected chi connectivity index (χ4v) is 4.63. The molecule has 2 aromatic heterocycles. The van der Waals surface area contributed by atoms with Gasteiger partial charge >= 0.3 is 6.18 Å². The fourth-order valence-electron chi connectivity index (χ4n) is 3.61. The highest BCUT2D eigenvalue weighted by Gasteiger charge is 2.31. The van der Waals surface area contributed by atoms with Crippen molar-refractivity contribution in [3.05, 3.63) is 81.9 Å². The quantitative estimate of drug-likeness (QED) is 0.234. The first-order chi connectivity index (χ1) is 13.4. The average molecular weight is 488 g/mol. The van der Waals surface area contributed by atoms with Gasteiger partial charge in [-0.05, 0) is 46.4 Å². The normalized spacial score (nSPS) is 12.3. The maximum absolute atomic E-state index is 13.2.